The van der Waals surface area contributed by atoms with E-state index in [0.29, 0.717) is 0 Å². The normalized spacial score (nSPS) is 18.1. The zero-order valence-corrected chi connectivity index (χ0v) is 9.37. The molecule has 2 heteroatoms. The van der Waals surface area contributed by atoms with Crippen molar-refractivity contribution >= 4 is 0 Å². The minimum absolute atomic E-state index is 0.948. The van der Waals surface area contributed by atoms with Crippen molar-refractivity contribution in [3.63, 3.8) is 0 Å². The molecule has 2 rings (SSSR count). The summed E-state index contributed by atoms with van der Waals surface area (Å²) in [5.74, 6) is 0.982. The lowest BCUT2D eigenvalue weighted by Gasteiger charge is -2.21. The highest BCUT2D eigenvalue weighted by Crippen LogP contribution is 2.25. The Morgan fingerprint density at radius 2 is 2.13 bits per heavy atom. The van der Waals surface area contributed by atoms with E-state index in [1.54, 1.807) is 6.26 Å². The lowest BCUT2D eigenvalue weighted by atomic mass is 9.87. The van der Waals surface area contributed by atoms with Crippen molar-refractivity contribution in [2.45, 2.75) is 45.1 Å². The third-order valence-electron chi connectivity index (χ3n) is 3.36. The molecule has 1 fully saturated rings. The molecule has 1 N–H and O–H groups in total. The largest absolute Gasteiger partial charge is 0.472 e. The van der Waals surface area contributed by atoms with Gasteiger partial charge in [-0.15, -0.1) is 0 Å². The van der Waals surface area contributed by atoms with Crippen molar-refractivity contribution < 1.29 is 4.42 Å². The molecule has 1 aliphatic rings. The van der Waals surface area contributed by atoms with E-state index in [1.807, 2.05) is 12.3 Å². The van der Waals surface area contributed by atoms with Gasteiger partial charge in [-0.3, -0.25) is 0 Å². The Kier molecular flexibility index (Phi) is 4.27. The molecule has 0 amide bonds. The monoisotopic (exact) mass is 207 g/mol. The van der Waals surface area contributed by atoms with Crippen molar-refractivity contribution in [2.75, 3.05) is 6.54 Å². The summed E-state index contributed by atoms with van der Waals surface area (Å²) in [7, 11) is 0. The highest BCUT2D eigenvalue weighted by atomic mass is 16.3. The van der Waals surface area contributed by atoms with Gasteiger partial charge in [0.1, 0.15) is 0 Å². The van der Waals surface area contributed by atoms with Crippen molar-refractivity contribution in [1.29, 1.82) is 0 Å². The van der Waals surface area contributed by atoms with Gasteiger partial charge in [0.15, 0.2) is 0 Å². The SMILES string of the molecule is c1cc(CNCCC2CCCCC2)co1. The van der Waals surface area contributed by atoms with E-state index in [4.69, 9.17) is 4.42 Å². The maximum Gasteiger partial charge on any atom is 0.0947 e. The fourth-order valence-corrected chi connectivity index (χ4v) is 2.41. The van der Waals surface area contributed by atoms with E-state index >= 15 is 0 Å². The Labute approximate surface area is 92.1 Å². The van der Waals surface area contributed by atoms with Crippen LogP contribution >= 0.6 is 0 Å². The fraction of sp³-hybridized carbons (Fsp3) is 0.692. The summed E-state index contributed by atoms with van der Waals surface area (Å²) in [6, 6.07) is 2.02. The highest BCUT2D eigenvalue weighted by Gasteiger charge is 2.12. The maximum atomic E-state index is 5.02. The van der Waals surface area contributed by atoms with Gasteiger partial charge < -0.3 is 9.73 Å². The van der Waals surface area contributed by atoms with Gasteiger partial charge in [-0.2, -0.15) is 0 Å². The summed E-state index contributed by atoms with van der Waals surface area (Å²) in [6.07, 6.45) is 12.2. The Hall–Kier alpha value is -0.760. The van der Waals surface area contributed by atoms with Crippen LogP contribution in [-0.2, 0) is 6.54 Å². The Bertz CT molecular complexity index is 250. The summed E-state index contributed by atoms with van der Waals surface area (Å²) in [5.41, 5.74) is 1.25. The molecular formula is C13H21NO. The number of nitrogens with one attached hydrogen (secondary N) is 1. The number of rotatable bonds is 5. The Balaban J connectivity index is 1.54. The molecule has 15 heavy (non-hydrogen) atoms. The quantitative estimate of drug-likeness (QED) is 0.749. The van der Waals surface area contributed by atoms with Gasteiger partial charge in [0.05, 0.1) is 12.5 Å². The summed E-state index contributed by atoms with van der Waals surface area (Å²) in [4.78, 5) is 0. The van der Waals surface area contributed by atoms with Gasteiger partial charge in [-0.05, 0) is 24.9 Å². The van der Waals surface area contributed by atoms with Gasteiger partial charge in [-0.1, -0.05) is 32.1 Å². The van der Waals surface area contributed by atoms with Crippen LogP contribution in [0, 0.1) is 5.92 Å². The van der Waals surface area contributed by atoms with Gasteiger partial charge in [0, 0.05) is 12.1 Å². The molecule has 1 saturated carbocycles. The van der Waals surface area contributed by atoms with Crippen molar-refractivity contribution in [3.05, 3.63) is 24.2 Å². The van der Waals surface area contributed by atoms with E-state index in [9.17, 15) is 0 Å². The molecule has 1 aromatic heterocycles. The van der Waals surface area contributed by atoms with Crippen LogP contribution in [0.15, 0.2) is 23.0 Å². The second-order valence-corrected chi connectivity index (χ2v) is 4.60. The van der Waals surface area contributed by atoms with E-state index in [0.717, 1.165) is 19.0 Å². The minimum atomic E-state index is 0.948. The van der Waals surface area contributed by atoms with E-state index in [-0.39, 0.29) is 0 Å². The molecule has 2 nitrogen and oxygen atoms in total. The van der Waals surface area contributed by atoms with Crippen molar-refractivity contribution in [3.8, 4) is 0 Å². The molecule has 0 unspecified atom stereocenters. The van der Waals surface area contributed by atoms with E-state index in [1.165, 1.54) is 44.1 Å². The molecular weight excluding hydrogens is 186 g/mol. The number of hydrogen-bond acceptors (Lipinski definition) is 2. The average molecular weight is 207 g/mol. The first-order chi connectivity index (χ1) is 7.45. The first-order valence-corrected chi connectivity index (χ1v) is 6.17. The predicted octanol–water partition coefficient (Wildman–Crippen LogP) is 3.34. The van der Waals surface area contributed by atoms with Crippen LogP contribution in [0.1, 0.15) is 44.1 Å². The summed E-state index contributed by atoms with van der Waals surface area (Å²) >= 11 is 0. The molecule has 0 atom stereocenters. The Morgan fingerprint density at radius 3 is 2.87 bits per heavy atom. The lowest BCUT2D eigenvalue weighted by molar-refractivity contribution is 0.334. The molecule has 0 spiro atoms. The smallest absolute Gasteiger partial charge is 0.0947 e. The second kappa shape index (κ2) is 5.96. The van der Waals surface area contributed by atoms with Gasteiger partial charge >= 0.3 is 0 Å². The van der Waals surface area contributed by atoms with Gasteiger partial charge in [-0.25, -0.2) is 0 Å². The van der Waals surface area contributed by atoms with Crippen LogP contribution in [0.2, 0.25) is 0 Å². The van der Waals surface area contributed by atoms with E-state index in [2.05, 4.69) is 5.32 Å². The molecule has 0 radical (unpaired) electrons. The predicted molar refractivity (Wildman–Crippen MR) is 61.6 cm³/mol. The molecule has 1 heterocycles. The molecule has 1 aromatic rings. The van der Waals surface area contributed by atoms with Crippen molar-refractivity contribution in [2.24, 2.45) is 5.92 Å². The van der Waals surface area contributed by atoms with Gasteiger partial charge in [0.25, 0.3) is 0 Å². The number of furan rings is 1. The summed E-state index contributed by atoms with van der Waals surface area (Å²) in [5, 5.41) is 3.48. The topological polar surface area (TPSA) is 25.2 Å². The third-order valence-corrected chi connectivity index (χ3v) is 3.36. The molecule has 0 bridgehead atoms. The van der Waals surface area contributed by atoms with Crippen molar-refractivity contribution in [1.82, 2.24) is 5.32 Å². The van der Waals surface area contributed by atoms with Gasteiger partial charge in [0.2, 0.25) is 0 Å². The first-order valence-electron chi connectivity index (χ1n) is 6.17. The first kappa shape index (κ1) is 10.7. The van der Waals surface area contributed by atoms with Crippen LogP contribution in [0.3, 0.4) is 0 Å². The zero-order chi connectivity index (χ0) is 10.3. The van der Waals surface area contributed by atoms with Crippen LogP contribution in [-0.4, -0.2) is 6.54 Å². The molecule has 0 saturated heterocycles. The maximum absolute atomic E-state index is 5.02. The standard InChI is InChI=1S/C13H21NO/c1-2-4-12(5-3-1)6-8-14-10-13-7-9-15-11-13/h7,9,11-12,14H,1-6,8,10H2. The van der Waals surface area contributed by atoms with Crippen LogP contribution in [0.5, 0.6) is 0 Å². The van der Waals surface area contributed by atoms with E-state index < -0.39 is 0 Å². The number of hydrogen-bond donors (Lipinski definition) is 1. The second-order valence-electron chi connectivity index (χ2n) is 4.60. The minimum Gasteiger partial charge on any atom is -0.472 e. The van der Waals surface area contributed by atoms with Crippen LogP contribution in [0.4, 0.5) is 0 Å². The van der Waals surface area contributed by atoms with Crippen LogP contribution < -0.4 is 5.32 Å². The molecule has 0 aliphatic heterocycles. The summed E-state index contributed by atoms with van der Waals surface area (Å²) in [6.45, 7) is 2.10. The molecule has 1 aliphatic carbocycles. The molecule has 0 aromatic carbocycles. The Morgan fingerprint density at radius 1 is 1.27 bits per heavy atom. The zero-order valence-electron chi connectivity index (χ0n) is 9.37. The highest BCUT2D eigenvalue weighted by molar-refractivity contribution is 5.04. The third kappa shape index (κ3) is 3.71. The van der Waals surface area contributed by atoms with Crippen LogP contribution in [0.25, 0.3) is 0 Å². The summed E-state index contributed by atoms with van der Waals surface area (Å²) < 4.78 is 5.02. The fourth-order valence-electron chi connectivity index (χ4n) is 2.41. The molecule has 84 valence electrons. The average Bonchev–Trinajstić information content (AvgIpc) is 2.79. The lowest BCUT2D eigenvalue weighted by Crippen LogP contribution is -2.18.